The molecule has 0 saturated heterocycles. The van der Waals surface area contributed by atoms with E-state index in [4.69, 9.17) is 14.2 Å². The Hall–Kier alpha value is -3.02. The van der Waals surface area contributed by atoms with Crippen molar-refractivity contribution in [2.24, 2.45) is 0 Å². The van der Waals surface area contributed by atoms with Gasteiger partial charge in [-0.05, 0) is 62.2 Å². The number of aryl methyl sites for hydroxylation is 1. The number of carbonyl (C=O) groups is 2. The number of nitrogens with one attached hydrogen (secondary N) is 1. The summed E-state index contributed by atoms with van der Waals surface area (Å²) in [5.74, 6) is 0.700. The van der Waals surface area contributed by atoms with Crippen LogP contribution in [-0.4, -0.2) is 31.7 Å². The fraction of sp³-hybridized carbons (Fsp3) is 0.333. The van der Waals surface area contributed by atoms with E-state index in [1.165, 1.54) is 0 Å². The Labute approximate surface area is 159 Å². The number of methoxy groups -OCH3 is 1. The molecule has 0 aliphatic carbocycles. The first kappa shape index (κ1) is 20.3. The highest BCUT2D eigenvalue weighted by atomic mass is 16.5. The van der Waals surface area contributed by atoms with Gasteiger partial charge in [0.1, 0.15) is 11.5 Å². The second kappa shape index (κ2) is 10.2. The Kier molecular flexibility index (Phi) is 7.67. The van der Waals surface area contributed by atoms with E-state index in [1.807, 2.05) is 31.2 Å². The molecule has 0 spiro atoms. The zero-order valence-corrected chi connectivity index (χ0v) is 15.9. The van der Waals surface area contributed by atoms with Crippen LogP contribution in [-0.2, 0) is 20.7 Å². The Morgan fingerprint density at radius 1 is 1.00 bits per heavy atom. The number of rotatable bonds is 9. The van der Waals surface area contributed by atoms with Gasteiger partial charge >= 0.3 is 5.97 Å². The number of carbonyl (C=O) groups excluding carboxylic acids is 2. The topological polar surface area (TPSA) is 73.9 Å². The number of anilines is 1. The number of esters is 1. The maximum absolute atomic E-state index is 12.2. The van der Waals surface area contributed by atoms with Crippen LogP contribution < -0.4 is 14.8 Å². The lowest BCUT2D eigenvalue weighted by molar-refractivity contribution is -0.153. The predicted molar refractivity (Wildman–Crippen MR) is 103 cm³/mol. The van der Waals surface area contributed by atoms with Crippen LogP contribution in [0.1, 0.15) is 25.8 Å². The number of ether oxygens (including phenoxy) is 3. The van der Waals surface area contributed by atoms with Gasteiger partial charge in [0.25, 0.3) is 5.91 Å². The molecule has 0 fully saturated rings. The number of benzene rings is 2. The summed E-state index contributed by atoms with van der Waals surface area (Å²) in [4.78, 5) is 24.1. The minimum Gasteiger partial charge on any atom is -0.497 e. The van der Waals surface area contributed by atoms with Crippen molar-refractivity contribution < 1.29 is 23.8 Å². The lowest BCUT2D eigenvalue weighted by atomic mass is 10.1. The minimum atomic E-state index is -0.875. The Morgan fingerprint density at radius 2 is 1.63 bits per heavy atom. The minimum absolute atomic E-state index is 0.201. The van der Waals surface area contributed by atoms with Crippen molar-refractivity contribution >= 4 is 17.6 Å². The highest BCUT2D eigenvalue weighted by Crippen LogP contribution is 2.16. The second-order valence-electron chi connectivity index (χ2n) is 5.93. The molecule has 0 aliphatic rings. The molecule has 0 radical (unpaired) electrons. The van der Waals surface area contributed by atoms with Crippen molar-refractivity contribution in [3.8, 4) is 11.5 Å². The molecular weight excluding hydrogens is 346 g/mol. The monoisotopic (exact) mass is 371 g/mol. The van der Waals surface area contributed by atoms with Crippen LogP contribution in [0.4, 0.5) is 5.69 Å². The van der Waals surface area contributed by atoms with Gasteiger partial charge in [0.2, 0.25) is 0 Å². The normalized spacial score (nSPS) is 11.4. The molecule has 0 heterocycles. The van der Waals surface area contributed by atoms with Crippen LogP contribution >= 0.6 is 0 Å². The molecule has 0 bridgehead atoms. The van der Waals surface area contributed by atoms with Gasteiger partial charge in [-0.15, -0.1) is 0 Å². The summed E-state index contributed by atoms with van der Waals surface area (Å²) in [5.41, 5.74) is 1.61. The van der Waals surface area contributed by atoms with Crippen LogP contribution in [0.2, 0.25) is 0 Å². The van der Waals surface area contributed by atoms with E-state index >= 15 is 0 Å². The smallest absolute Gasteiger partial charge is 0.306 e. The molecule has 0 aromatic heterocycles. The summed E-state index contributed by atoms with van der Waals surface area (Å²) in [6, 6.07) is 14.5. The molecule has 0 saturated carbocycles. The fourth-order valence-electron chi connectivity index (χ4n) is 2.39. The van der Waals surface area contributed by atoms with Gasteiger partial charge in [0, 0.05) is 12.1 Å². The average molecular weight is 371 g/mol. The maximum atomic E-state index is 12.2. The van der Waals surface area contributed by atoms with E-state index in [0.717, 1.165) is 17.1 Å². The molecule has 1 N–H and O–H groups in total. The molecule has 1 amide bonds. The number of hydrogen-bond donors (Lipinski definition) is 1. The molecule has 0 aliphatic heterocycles. The molecule has 27 heavy (non-hydrogen) atoms. The molecule has 1 atom stereocenters. The van der Waals surface area contributed by atoms with E-state index in [1.54, 1.807) is 38.3 Å². The molecule has 0 unspecified atom stereocenters. The van der Waals surface area contributed by atoms with Crippen molar-refractivity contribution in [3.05, 3.63) is 54.1 Å². The third-order valence-corrected chi connectivity index (χ3v) is 3.89. The van der Waals surface area contributed by atoms with Crippen molar-refractivity contribution in [3.63, 3.8) is 0 Å². The fourth-order valence-corrected chi connectivity index (χ4v) is 2.39. The van der Waals surface area contributed by atoms with Gasteiger partial charge in [-0.25, -0.2) is 0 Å². The van der Waals surface area contributed by atoms with Crippen LogP contribution in [0.5, 0.6) is 11.5 Å². The maximum Gasteiger partial charge on any atom is 0.306 e. The van der Waals surface area contributed by atoms with Crippen LogP contribution in [0, 0.1) is 0 Å². The average Bonchev–Trinajstić information content (AvgIpc) is 2.68. The third-order valence-electron chi connectivity index (χ3n) is 3.89. The van der Waals surface area contributed by atoms with Gasteiger partial charge in [-0.3, -0.25) is 9.59 Å². The highest BCUT2D eigenvalue weighted by Gasteiger charge is 2.18. The van der Waals surface area contributed by atoms with E-state index in [-0.39, 0.29) is 12.3 Å². The zero-order chi connectivity index (χ0) is 19.6. The van der Waals surface area contributed by atoms with E-state index in [9.17, 15) is 9.59 Å². The molecular formula is C21H25NO5. The summed E-state index contributed by atoms with van der Waals surface area (Å²) in [7, 11) is 1.60. The van der Waals surface area contributed by atoms with Crippen molar-refractivity contribution in [2.45, 2.75) is 32.8 Å². The summed E-state index contributed by atoms with van der Waals surface area (Å²) in [6.45, 7) is 4.03. The Balaban J connectivity index is 1.77. The van der Waals surface area contributed by atoms with E-state index in [2.05, 4.69) is 5.32 Å². The predicted octanol–water partition coefficient (Wildman–Crippen LogP) is 3.60. The second-order valence-corrected chi connectivity index (χ2v) is 5.93. The third kappa shape index (κ3) is 6.66. The number of amides is 1. The molecule has 6 nitrogen and oxygen atoms in total. The van der Waals surface area contributed by atoms with E-state index in [0.29, 0.717) is 18.7 Å². The summed E-state index contributed by atoms with van der Waals surface area (Å²) in [6.07, 6.45) is -0.136. The van der Waals surface area contributed by atoms with Gasteiger partial charge in [-0.2, -0.15) is 0 Å². The van der Waals surface area contributed by atoms with Crippen LogP contribution in [0.15, 0.2) is 48.5 Å². The zero-order valence-electron chi connectivity index (χ0n) is 15.9. The molecule has 144 valence electrons. The molecule has 2 rings (SSSR count). The lowest BCUT2D eigenvalue weighted by Gasteiger charge is -2.14. The number of hydrogen-bond acceptors (Lipinski definition) is 5. The van der Waals surface area contributed by atoms with Crippen LogP contribution in [0.25, 0.3) is 0 Å². The first-order valence-corrected chi connectivity index (χ1v) is 8.88. The Morgan fingerprint density at radius 3 is 2.22 bits per heavy atom. The lowest BCUT2D eigenvalue weighted by Crippen LogP contribution is -2.30. The van der Waals surface area contributed by atoms with Gasteiger partial charge in [0.15, 0.2) is 6.10 Å². The summed E-state index contributed by atoms with van der Waals surface area (Å²) < 4.78 is 15.7. The highest BCUT2D eigenvalue weighted by molar-refractivity contribution is 5.95. The molecule has 2 aromatic rings. The van der Waals surface area contributed by atoms with Gasteiger partial charge < -0.3 is 19.5 Å². The first-order valence-electron chi connectivity index (χ1n) is 8.88. The largest absolute Gasteiger partial charge is 0.497 e. The summed E-state index contributed by atoms with van der Waals surface area (Å²) >= 11 is 0. The van der Waals surface area contributed by atoms with Gasteiger partial charge in [-0.1, -0.05) is 12.1 Å². The van der Waals surface area contributed by atoms with Gasteiger partial charge in [0.05, 0.1) is 13.7 Å². The van der Waals surface area contributed by atoms with E-state index < -0.39 is 12.1 Å². The first-order chi connectivity index (χ1) is 13.0. The standard InChI is InChI=1S/C21H25NO5/c1-4-26-19-12-8-17(9-13-19)22-21(24)15(2)27-20(23)14-7-16-5-10-18(25-3)11-6-16/h5-6,8-13,15H,4,7,14H2,1-3H3,(H,22,24)/t15-/m1/s1. The van der Waals surface area contributed by atoms with Crippen molar-refractivity contribution in [1.82, 2.24) is 0 Å². The molecule has 6 heteroatoms. The van der Waals surface area contributed by atoms with Crippen molar-refractivity contribution in [1.29, 1.82) is 0 Å². The molecule has 2 aromatic carbocycles. The summed E-state index contributed by atoms with van der Waals surface area (Å²) in [5, 5.41) is 2.72. The SMILES string of the molecule is CCOc1ccc(NC(=O)[C@@H](C)OC(=O)CCc2ccc(OC)cc2)cc1. The Bertz CT molecular complexity index is 740. The quantitative estimate of drug-likeness (QED) is 0.682. The van der Waals surface area contributed by atoms with Crippen molar-refractivity contribution in [2.75, 3.05) is 19.0 Å². The van der Waals surface area contributed by atoms with Crippen LogP contribution in [0.3, 0.4) is 0 Å².